The summed E-state index contributed by atoms with van der Waals surface area (Å²) < 4.78 is 18.8. The fraction of sp³-hybridized carbons (Fsp3) is 0.158. The Kier molecular flexibility index (Phi) is 5.18. The third-order valence-electron chi connectivity index (χ3n) is 4.04. The van der Waals surface area contributed by atoms with Crippen molar-refractivity contribution < 1.29 is 13.9 Å². The first-order valence-electron chi connectivity index (χ1n) is 7.97. The van der Waals surface area contributed by atoms with E-state index >= 15 is 0 Å². The van der Waals surface area contributed by atoms with Crippen molar-refractivity contribution in [1.29, 1.82) is 0 Å². The number of amides is 1. The second-order valence-corrected chi connectivity index (χ2v) is 6.22. The molecule has 0 saturated carbocycles. The van der Waals surface area contributed by atoms with Gasteiger partial charge in [0.2, 0.25) is 0 Å². The third kappa shape index (κ3) is 3.83. The van der Waals surface area contributed by atoms with Crippen molar-refractivity contribution >= 4 is 28.9 Å². The number of carbonyl (C=O) groups excluding carboxylic acids is 1. The van der Waals surface area contributed by atoms with Crippen LogP contribution in [-0.2, 0) is 4.79 Å². The number of hydrogen-bond acceptors (Lipinski definition) is 3. The lowest BCUT2D eigenvalue weighted by Gasteiger charge is -2.30. The molecule has 5 nitrogen and oxygen atoms in total. The monoisotopic (exact) mass is 371 g/mol. The fourth-order valence-corrected chi connectivity index (χ4v) is 3.07. The number of halogens is 1. The molecule has 0 spiro atoms. The molecule has 2 aromatic carbocycles. The van der Waals surface area contributed by atoms with Crippen LogP contribution in [0.2, 0.25) is 0 Å². The Hall–Kier alpha value is -2.93. The number of rotatable bonds is 4. The second-order valence-electron chi connectivity index (χ2n) is 5.81. The molecule has 26 heavy (non-hydrogen) atoms. The highest BCUT2D eigenvalue weighted by atomic mass is 32.1. The van der Waals surface area contributed by atoms with Gasteiger partial charge in [0.05, 0.1) is 18.7 Å². The van der Waals surface area contributed by atoms with E-state index in [1.54, 1.807) is 50.4 Å². The number of anilines is 1. The summed E-state index contributed by atoms with van der Waals surface area (Å²) in [5, 5.41) is 9.23. The van der Waals surface area contributed by atoms with Crippen LogP contribution in [0.5, 0.6) is 5.75 Å². The standard InChI is InChI=1S/C19H18FN3O2S/c1-11-16(18(24)22-14-6-8-15(25-2)9-7-14)17(23-19(26)21-11)12-4-3-5-13(20)10-12/h3-10,17H,1-2H3,(H,22,24)(H2,21,23,26)/t17-/m0/s1. The average Bonchev–Trinajstić information content (AvgIpc) is 2.61. The number of carbonyl (C=O) groups is 1. The topological polar surface area (TPSA) is 62.4 Å². The van der Waals surface area contributed by atoms with Gasteiger partial charge in [-0.2, -0.15) is 0 Å². The molecule has 134 valence electrons. The lowest BCUT2D eigenvalue weighted by atomic mass is 9.95. The van der Waals surface area contributed by atoms with Crippen molar-refractivity contribution in [1.82, 2.24) is 10.6 Å². The third-order valence-corrected chi connectivity index (χ3v) is 4.26. The zero-order valence-corrected chi connectivity index (χ0v) is 15.1. The predicted molar refractivity (Wildman–Crippen MR) is 102 cm³/mol. The number of thiocarbonyl (C=S) groups is 1. The number of benzene rings is 2. The maximum absolute atomic E-state index is 13.7. The summed E-state index contributed by atoms with van der Waals surface area (Å²) in [6, 6.07) is 12.6. The molecule has 0 saturated heterocycles. The predicted octanol–water partition coefficient (Wildman–Crippen LogP) is 3.27. The molecule has 1 aliphatic heterocycles. The minimum Gasteiger partial charge on any atom is -0.497 e. The van der Waals surface area contributed by atoms with Crippen LogP contribution in [0.25, 0.3) is 0 Å². The molecule has 1 aliphatic rings. The first-order valence-corrected chi connectivity index (χ1v) is 8.38. The van der Waals surface area contributed by atoms with Crippen molar-refractivity contribution in [3.63, 3.8) is 0 Å². The molecule has 3 N–H and O–H groups in total. The van der Waals surface area contributed by atoms with Gasteiger partial charge in [-0.05, 0) is 61.1 Å². The zero-order chi connectivity index (χ0) is 18.7. The maximum atomic E-state index is 13.7. The molecule has 1 heterocycles. The van der Waals surface area contributed by atoms with Crippen LogP contribution >= 0.6 is 12.2 Å². The van der Waals surface area contributed by atoms with Gasteiger partial charge in [-0.15, -0.1) is 0 Å². The quantitative estimate of drug-likeness (QED) is 0.720. The Balaban J connectivity index is 1.91. The SMILES string of the molecule is COc1ccc(NC(=O)C2=C(C)NC(=S)N[C@H]2c2cccc(F)c2)cc1. The summed E-state index contributed by atoms with van der Waals surface area (Å²) in [5.74, 6) is 0.0214. The van der Waals surface area contributed by atoms with E-state index in [1.165, 1.54) is 12.1 Å². The molecule has 0 fully saturated rings. The van der Waals surface area contributed by atoms with Crippen LogP contribution in [0.4, 0.5) is 10.1 Å². The first-order chi connectivity index (χ1) is 12.5. The first kappa shape index (κ1) is 17.9. The molecule has 2 aromatic rings. The van der Waals surface area contributed by atoms with Crippen LogP contribution in [-0.4, -0.2) is 18.1 Å². The van der Waals surface area contributed by atoms with E-state index in [0.29, 0.717) is 33.4 Å². The van der Waals surface area contributed by atoms with Gasteiger partial charge in [0.1, 0.15) is 11.6 Å². The molecular weight excluding hydrogens is 353 g/mol. The highest BCUT2D eigenvalue weighted by Gasteiger charge is 2.30. The maximum Gasteiger partial charge on any atom is 0.255 e. The van der Waals surface area contributed by atoms with E-state index in [0.717, 1.165) is 0 Å². The van der Waals surface area contributed by atoms with E-state index in [4.69, 9.17) is 17.0 Å². The molecule has 0 unspecified atom stereocenters. The lowest BCUT2D eigenvalue weighted by molar-refractivity contribution is -0.113. The smallest absolute Gasteiger partial charge is 0.255 e. The van der Waals surface area contributed by atoms with Gasteiger partial charge in [0.25, 0.3) is 5.91 Å². The summed E-state index contributed by atoms with van der Waals surface area (Å²) in [6.07, 6.45) is 0. The molecule has 0 aromatic heterocycles. The van der Waals surface area contributed by atoms with Crippen molar-refractivity contribution in [2.45, 2.75) is 13.0 Å². The van der Waals surface area contributed by atoms with Crippen molar-refractivity contribution in [3.8, 4) is 5.75 Å². The van der Waals surface area contributed by atoms with E-state index in [9.17, 15) is 9.18 Å². The highest BCUT2D eigenvalue weighted by molar-refractivity contribution is 7.80. The summed E-state index contributed by atoms with van der Waals surface area (Å²) >= 11 is 5.19. The van der Waals surface area contributed by atoms with Gasteiger partial charge in [-0.1, -0.05) is 12.1 Å². The summed E-state index contributed by atoms with van der Waals surface area (Å²) in [6.45, 7) is 1.77. The average molecular weight is 371 g/mol. The van der Waals surface area contributed by atoms with Crippen molar-refractivity contribution in [2.24, 2.45) is 0 Å². The minimum atomic E-state index is -0.544. The van der Waals surface area contributed by atoms with Gasteiger partial charge in [-0.25, -0.2) is 4.39 Å². The molecule has 7 heteroatoms. The van der Waals surface area contributed by atoms with Crippen LogP contribution in [0, 0.1) is 5.82 Å². The zero-order valence-electron chi connectivity index (χ0n) is 14.3. The van der Waals surface area contributed by atoms with Gasteiger partial charge in [-0.3, -0.25) is 4.79 Å². The molecule has 0 aliphatic carbocycles. The van der Waals surface area contributed by atoms with Gasteiger partial charge in [0.15, 0.2) is 5.11 Å². The lowest BCUT2D eigenvalue weighted by Crippen LogP contribution is -2.45. The van der Waals surface area contributed by atoms with Crippen LogP contribution < -0.4 is 20.7 Å². The number of allylic oxidation sites excluding steroid dienone is 1. The molecule has 1 atom stereocenters. The second kappa shape index (κ2) is 7.53. The van der Waals surface area contributed by atoms with E-state index < -0.39 is 6.04 Å². The molecule has 0 bridgehead atoms. The van der Waals surface area contributed by atoms with Crippen molar-refractivity contribution in [2.75, 3.05) is 12.4 Å². The Morgan fingerprint density at radius 3 is 2.62 bits per heavy atom. The van der Waals surface area contributed by atoms with E-state index in [2.05, 4.69) is 16.0 Å². The van der Waals surface area contributed by atoms with E-state index in [1.807, 2.05) is 0 Å². The summed E-state index contributed by atoms with van der Waals surface area (Å²) in [7, 11) is 1.58. The Labute approximate surface area is 156 Å². The van der Waals surface area contributed by atoms with Gasteiger partial charge >= 0.3 is 0 Å². The van der Waals surface area contributed by atoms with Gasteiger partial charge < -0.3 is 20.7 Å². The molecule has 1 amide bonds. The highest BCUT2D eigenvalue weighted by Crippen LogP contribution is 2.28. The number of methoxy groups -OCH3 is 1. The minimum absolute atomic E-state index is 0.301. The fourth-order valence-electron chi connectivity index (χ4n) is 2.80. The summed E-state index contributed by atoms with van der Waals surface area (Å²) in [4.78, 5) is 12.9. The Bertz CT molecular complexity index is 881. The number of ether oxygens (including phenoxy) is 1. The molecule has 3 rings (SSSR count). The molecular formula is C19H18FN3O2S. The van der Waals surface area contributed by atoms with Crippen molar-refractivity contribution in [3.05, 3.63) is 71.2 Å². The van der Waals surface area contributed by atoms with Crippen LogP contribution in [0.15, 0.2) is 59.8 Å². The molecule has 0 radical (unpaired) electrons. The summed E-state index contributed by atoms with van der Waals surface area (Å²) in [5.41, 5.74) is 2.31. The normalized spacial score (nSPS) is 16.6. The Morgan fingerprint density at radius 2 is 1.96 bits per heavy atom. The number of hydrogen-bond donors (Lipinski definition) is 3. The van der Waals surface area contributed by atoms with Crippen LogP contribution in [0.1, 0.15) is 18.5 Å². The Morgan fingerprint density at radius 1 is 1.23 bits per heavy atom. The van der Waals surface area contributed by atoms with Crippen LogP contribution in [0.3, 0.4) is 0 Å². The van der Waals surface area contributed by atoms with E-state index in [-0.39, 0.29) is 11.7 Å². The number of nitrogens with one attached hydrogen (secondary N) is 3. The van der Waals surface area contributed by atoms with Gasteiger partial charge in [0, 0.05) is 11.4 Å². The largest absolute Gasteiger partial charge is 0.497 e.